The Bertz CT molecular complexity index is 902. The van der Waals surface area contributed by atoms with Crippen LogP contribution in [-0.4, -0.2) is 40.4 Å². The number of piperazine rings is 1. The van der Waals surface area contributed by atoms with Crippen molar-refractivity contribution in [2.45, 2.75) is 18.5 Å². The zero-order valence-electron chi connectivity index (χ0n) is 14.4. The number of nitrogen functional groups attached to an aromatic ring is 1. The van der Waals surface area contributed by atoms with Crippen LogP contribution in [0.3, 0.4) is 0 Å². The van der Waals surface area contributed by atoms with Gasteiger partial charge in [-0.15, -0.1) is 10.2 Å². The lowest BCUT2D eigenvalue weighted by molar-refractivity contribution is 0.291. The van der Waals surface area contributed by atoms with Crippen LogP contribution in [-0.2, 0) is 0 Å². The van der Waals surface area contributed by atoms with Crippen LogP contribution in [0, 0.1) is 0 Å². The Labute approximate surface area is 152 Å². The Balaban J connectivity index is 1.41. The number of nitrogens with two attached hydrogens (primary N) is 1. The number of fused-ring (bicyclic) bond motifs is 2. The molecular formula is C20H20N6. The zero-order chi connectivity index (χ0) is 17.5. The predicted molar refractivity (Wildman–Crippen MR) is 103 cm³/mol. The number of hydrogen-bond acceptors (Lipinski definition) is 6. The van der Waals surface area contributed by atoms with Gasteiger partial charge in [0, 0.05) is 48.8 Å². The number of aromatic nitrogens is 3. The van der Waals surface area contributed by atoms with Crippen molar-refractivity contribution in [3.8, 4) is 11.3 Å². The van der Waals surface area contributed by atoms with Crippen LogP contribution in [0.25, 0.3) is 11.3 Å². The summed E-state index contributed by atoms with van der Waals surface area (Å²) >= 11 is 0. The summed E-state index contributed by atoms with van der Waals surface area (Å²) in [6.07, 6.45) is 4.94. The first kappa shape index (κ1) is 15.1. The van der Waals surface area contributed by atoms with E-state index >= 15 is 0 Å². The van der Waals surface area contributed by atoms with Crippen LogP contribution < -0.4 is 15.5 Å². The minimum Gasteiger partial charge on any atom is -0.380 e. The van der Waals surface area contributed by atoms with Gasteiger partial charge in [-0.1, -0.05) is 30.3 Å². The van der Waals surface area contributed by atoms with Crippen molar-refractivity contribution in [1.29, 1.82) is 0 Å². The molecule has 2 unspecified atom stereocenters. The summed E-state index contributed by atoms with van der Waals surface area (Å²) < 4.78 is 0. The van der Waals surface area contributed by atoms with Gasteiger partial charge in [-0.2, -0.15) is 0 Å². The van der Waals surface area contributed by atoms with E-state index in [1.165, 1.54) is 12.1 Å². The standard InChI is InChI=1S/C20H20N6/c21-20-19(11-18(23-24-20)14-4-2-1-3-5-14)25-12-16-10-17(13-25)26(16)15-6-8-22-9-7-15/h1-9,11,16-17H,10,12-13H2,(H2,21,24). The highest BCUT2D eigenvalue weighted by Crippen LogP contribution is 2.39. The van der Waals surface area contributed by atoms with Crippen molar-refractivity contribution in [2.24, 2.45) is 0 Å². The summed E-state index contributed by atoms with van der Waals surface area (Å²) in [6, 6.07) is 17.4. The average molecular weight is 344 g/mol. The lowest BCUT2D eigenvalue weighted by atomic mass is 9.86. The summed E-state index contributed by atoms with van der Waals surface area (Å²) in [4.78, 5) is 8.98. The second-order valence-electron chi connectivity index (χ2n) is 6.93. The number of anilines is 3. The molecule has 3 fully saturated rings. The molecule has 1 aromatic carbocycles. The maximum absolute atomic E-state index is 6.17. The second kappa shape index (κ2) is 5.98. The Morgan fingerprint density at radius 2 is 1.65 bits per heavy atom. The first-order valence-electron chi connectivity index (χ1n) is 8.91. The highest BCUT2D eigenvalue weighted by molar-refractivity contribution is 5.72. The van der Waals surface area contributed by atoms with Crippen molar-refractivity contribution in [3.63, 3.8) is 0 Å². The molecule has 0 saturated carbocycles. The summed E-state index contributed by atoms with van der Waals surface area (Å²) in [5, 5.41) is 8.49. The van der Waals surface area contributed by atoms with Gasteiger partial charge in [0.05, 0.1) is 11.4 Å². The average Bonchev–Trinajstić information content (AvgIpc) is 2.70. The number of hydrogen-bond donors (Lipinski definition) is 1. The third-order valence-electron chi connectivity index (χ3n) is 5.37. The summed E-state index contributed by atoms with van der Waals surface area (Å²) in [5.41, 5.74) is 10.3. The maximum Gasteiger partial charge on any atom is 0.169 e. The Kier molecular flexibility index (Phi) is 3.48. The quantitative estimate of drug-likeness (QED) is 0.787. The van der Waals surface area contributed by atoms with Gasteiger partial charge in [0.1, 0.15) is 0 Å². The SMILES string of the molecule is Nc1nnc(-c2ccccc2)cc1N1CC2CC(C1)N2c1ccncc1. The third-order valence-corrected chi connectivity index (χ3v) is 5.37. The van der Waals surface area contributed by atoms with E-state index in [4.69, 9.17) is 5.73 Å². The third kappa shape index (κ3) is 2.45. The van der Waals surface area contributed by atoms with Crippen molar-refractivity contribution < 1.29 is 0 Å². The number of rotatable bonds is 3. The second-order valence-corrected chi connectivity index (χ2v) is 6.93. The first-order valence-corrected chi connectivity index (χ1v) is 8.91. The number of nitrogens with zero attached hydrogens (tertiary/aromatic N) is 5. The molecule has 2 atom stereocenters. The molecule has 0 spiro atoms. The van der Waals surface area contributed by atoms with Crippen LogP contribution in [0.5, 0.6) is 0 Å². The molecule has 130 valence electrons. The van der Waals surface area contributed by atoms with Crippen LogP contribution in [0.2, 0.25) is 0 Å². The Morgan fingerprint density at radius 3 is 2.38 bits per heavy atom. The molecule has 5 heterocycles. The van der Waals surface area contributed by atoms with Gasteiger partial charge in [0.25, 0.3) is 0 Å². The van der Waals surface area contributed by atoms with Gasteiger partial charge in [-0.25, -0.2) is 0 Å². The number of pyridine rings is 1. The molecule has 26 heavy (non-hydrogen) atoms. The van der Waals surface area contributed by atoms with Gasteiger partial charge in [-0.05, 0) is 24.6 Å². The minimum absolute atomic E-state index is 0.501. The molecule has 3 aliphatic rings. The van der Waals surface area contributed by atoms with E-state index in [0.717, 1.165) is 30.0 Å². The molecule has 6 heteroatoms. The molecular weight excluding hydrogens is 324 g/mol. The number of piperidine rings is 1. The largest absolute Gasteiger partial charge is 0.380 e. The van der Waals surface area contributed by atoms with E-state index in [-0.39, 0.29) is 0 Å². The van der Waals surface area contributed by atoms with Crippen molar-refractivity contribution >= 4 is 17.2 Å². The molecule has 3 aliphatic heterocycles. The fourth-order valence-electron chi connectivity index (χ4n) is 4.14. The van der Waals surface area contributed by atoms with Crippen LogP contribution in [0.4, 0.5) is 17.2 Å². The lowest BCUT2D eigenvalue weighted by Gasteiger charge is -2.58. The van der Waals surface area contributed by atoms with E-state index in [9.17, 15) is 0 Å². The van der Waals surface area contributed by atoms with E-state index < -0.39 is 0 Å². The Morgan fingerprint density at radius 1 is 0.923 bits per heavy atom. The van der Waals surface area contributed by atoms with Crippen LogP contribution >= 0.6 is 0 Å². The van der Waals surface area contributed by atoms with Gasteiger partial charge in [0.15, 0.2) is 5.82 Å². The first-order chi connectivity index (χ1) is 12.8. The van der Waals surface area contributed by atoms with Crippen LogP contribution in [0.15, 0.2) is 60.9 Å². The normalized spacial score (nSPS) is 21.4. The highest BCUT2D eigenvalue weighted by Gasteiger charge is 2.45. The van der Waals surface area contributed by atoms with E-state index in [1.54, 1.807) is 0 Å². The smallest absolute Gasteiger partial charge is 0.169 e. The van der Waals surface area contributed by atoms with Crippen molar-refractivity contribution in [3.05, 3.63) is 60.9 Å². The van der Waals surface area contributed by atoms with E-state index in [0.29, 0.717) is 17.9 Å². The highest BCUT2D eigenvalue weighted by atomic mass is 15.4. The van der Waals surface area contributed by atoms with Crippen LogP contribution in [0.1, 0.15) is 6.42 Å². The van der Waals surface area contributed by atoms with Gasteiger partial charge < -0.3 is 15.5 Å². The fourth-order valence-corrected chi connectivity index (χ4v) is 4.14. The molecule has 2 aromatic heterocycles. The molecule has 2 bridgehead atoms. The van der Waals surface area contributed by atoms with Crippen molar-refractivity contribution in [2.75, 3.05) is 28.6 Å². The van der Waals surface area contributed by atoms with E-state index in [1.807, 2.05) is 42.7 Å². The maximum atomic E-state index is 6.17. The number of benzene rings is 1. The predicted octanol–water partition coefficient (Wildman–Crippen LogP) is 2.59. The molecule has 0 amide bonds. The molecule has 6 rings (SSSR count). The molecule has 2 N–H and O–H groups in total. The summed E-state index contributed by atoms with van der Waals surface area (Å²) in [7, 11) is 0. The Hall–Kier alpha value is -3.15. The van der Waals surface area contributed by atoms with Gasteiger partial charge in [-0.3, -0.25) is 4.98 Å². The zero-order valence-corrected chi connectivity index (χ0v) is 14.4. The minimum atomic E-state index is 0.501. The van der Waals surface area contributed by atoms with E-state index in [2.05, 4.69) is 43.2 Å². The molecule has 3 aromatic rings. The molecule has 0 radical (unpaired) electrons. The lowest BCUT2D eigenvalue weighted by Crippen LogP contribution is -2.69. The van der Waals surface area contributed by atoms with Gasteiger partial charge >= 0.3 is 0 Å². The van der Waals surface area contributed by atoms with Gasteiger partial charge in [0.2, 0.25) is 0 Å². The molecule has 3 saturated heterocycles. The monoisotopic (exact) mass is 344 g/mol. The summed E-state index contributed by atoms with van der Waals surface area (Å²) in [5.74, 6) is 0.501. The molecule has 6 nitrogen and oxygen atoms in total. The summed E-state index contributed by atoms with van der Waals surface area (Å²) in [6.45, 7) is 1.89. The van der Waals surface area contributed by atoms with Crippen molar-refractivity contribution in [1.82, 2.24) is 15.2 Å². The molecule has 0 aliphatic carbocycles. The topological polar surface area (TPSA) is 71.2 Å². The fraction of sp³-hybridized carbons (Fsp3) is 0.250.